The Morgan fingerprint density at radius 1 is 1.43 bits per heavy atom. The third-order valence-corrected chi connectivity index (χ3v) is 3.03. The zero-order valence-corrected chi connectivity index (χ0v) is 13.5. The SMILES string of the molecule is C=C(Cc1cnc(NC(=O)OC(C)(C)C)s1)C(=O)OCC. The van der Waals surface area contributed by atoms with E-state index in [1.165, 1.54) is 11.3 Å². The fourth-order valence-electron chi connectivity index (χ4n) is 1.35. The summed E-state index contributed by atoms with van der Waals surface area (Å²) in [4.78, 5) is 27.9. The highest BCUT2D eigenvalue weighted by Crippen LogP contribution is 2.21. The van der Waals surface area contributed by atoms with Crippen molar-refractivity contribution in [2.45, 2.75) is 39.7 Å². The van der Waals surface area contributed by atoms with Gasteiger partial charge in [-0.05, 0) is 27.7 Å². The number of hydrogen-bond acceptors (Lipinski definition) is 6. The van der Waals surface area contributed by atoms with Gasteiger partial charge < -0.3 is 9.47 Å². The third kappa shape index (κ3) is 6.40. The number of thiazole rings is 1. The van der Waals surface area contributed by atoms with E-state index in [0.717, 1.165) is 4.88 Å². The van der Waals surface area contributed by atoms with Crippen LogP contribution in [0.3, 0.4) is 0 Å². The quantitative estimate of drug-likeness (QED) is 0.667. The summed E-state index contributed by atoms with van der Waals surface area (Å²) in [6.45, 7) is 11.1. The maximum absolute atomic E-state index is 11.6. The van der Waals surface area contributed by atoms with E-state index < -0.39 is 17.7 Å². The molecule has 21 heavy (non-hydrogen) atoms. The molecule has 1 rings (SSSR count). The number of esters is 1. The molecule has 1 heterocycles. The zero-order chi connectivity index (χ0) is 16.0. The molecule has 0 radical (unpaired) electrons. The molecule has 6 nitrogen and oxygen atoms in total. The fraction of sp³-hybridized carbons (Fsp3) is 0.500. The Hall–Kier alpha value is -1.89. The molecular weight excluding hydrogens is 292 g/mol. The summed E-state index contributed by atoms with van der Waals surface area (Å²) in [5.74, 6) is -0.424. The molecule has 0 saturated heterocycles. The molecule has 116 valence electrons. The Morgan fingerprint density at radius 3 is 2.67 bits per heavy atom. The van der Waals surface area contributed by atoms with Crippen molar-refractivity contribution < 1.29 is 19.1 Å². The highest BCUT2D eigenvalue weighted by atomic mass is 32.1. The van der Waals surface area contributed by atoms with E-state index in [9.17, 15) is 9.59 Å². The molecule has 0 saturated carbocycles. The number of ether oxygens (including phenoxy) is 2. The molecule has 0 unspecified atom stereocenters. The van der Waals surface area contributed by atoms with Gasteiger partial charge in [0.25, 0.3) is 0 Å². The van der Waals surface area contributed by atoms with E-state index in [4.69, 9.17) is 9.47 Å². The first kappa shape index (κ1) is 17.2. The first-order valence-corrected chi connectivity index (χ1v) is 7.32. The molecule has 1 amide bonds. The van der Waals surface area contributed by atoms with Crippen molar-refractivity contribution in [3.05, 3.63) is 23.2 Å². The maximum atomic E-state index is 11.6. The lowest BCUT2D eigenvalue weighted by Crippen LogP contribution is -2.27. The largest absolute Gasteiger partial charge is 0.463 e. The monoisotopic (exact) mass is 312 g/mol. The molecule has 0 atom stereocenters. The molecule has 0 bridgehead atoms. The number of carbonyl (C=O) groups excluding carboxylic acids is 2. The van der Waals surface area contributed by atoms with Crippen LogP contribution in [0.25, 0.3) is 0 Å². The molecule has 0 spiro atoms. The standard InChI is InChI=1S/C14H20N2O4S/c1-6-19-11(17)9(2)7-10-8-15-12(21-10)16-13(18)20-14(3,4)5/h8H,2,6-7H2,1,3-5H3,(H,15,16,18). The summed E-state index contributed by atoms with van der Waals surface area (Å²) < 4.78 is 9.99. The topological polar surface area (TPSA) is 77.5 Å². The number of nitrogens with one attached hydrogen (secondary N) is 1. The van der Waals surface area contributed by atoms with Crippen molar-refractivity contribution in [2.75, 3.05) is 11.9 Å². The minimum Gasteiger partial charge on any atom is -0.463 e. The van der Waals surface area contributed by atoms with Crippen LogP contribution in [-0.4, -0.2) is 29.3 Å². The van der Waals surface area contributed by atoms with Crippen molar-refractivity contribution in [3.63, 3.8) is 0 Å². The molecule has 0 aliphatic rings. The number of anilines is 1. The molecule has 0 aliphatic carbocycles. The average molecular weight is 312 g/mol. The van der Waals surface area contributed by atoms with Crippen LogP contribution in [0.15, 0.2) is 18.3 Å². The predicted molar refractivity (Wildman–Crippen MR) is 81.4 cm³/mol. The maximum Gasteiger partial charge on any atom is 0.413 e. The highest BCUT2D eigenvalue weighted by molar-refractivity contribution is 7.15. The Morgan fingerprint density at radius 2 is 2.10 bits per heavy atom. The Balaban J connectivity index is 2.55. The van der Waals surface area contributed by atoms with Gasteiger partial charge in [-0.15, -0.1) is 11.3 Å². The van der Waals surface area contributed by atoms with Crippen molar-refractivity contribution in [3.8, 4) is 0 Å². The highest BCUT2D eigenvalue weighted by Gasteiger charge is 2.17. The van der Waals surface area contributed by atoms with Crippen LogP contribution in [0.2, 0.25) is 0 Å². The second-order valence-corrected chi connectivity index (χ2v) is 6.37. The Kier molecular flexibility index (Phi) is 5.90. The first-order valence-electron chi connectivity index (χ1n) is 6.51. The lowest BCUT2D eigenvalue weighted by molar-refractivity contribution is -0.138. The second-order valence-electron chi connectivity index (χ2n) is 5.26. The minimum atomic E-state index is -0.567. The molecule has 0 fully saturated rings. The van der Waals surface area contributed by atoms with Gasteiger partial charge in [0.05, 0.1) is 6.61 Å². The molecule has 7 heteroatoms. The first-order chi connectivity index (χ1) is 9.71. The van der Waals surface area contributed by atoms with E-state index >= 15 is 0 Å². The molecule has 1 N–H and O–H groups in total. The van der Waals surface area contributed by atoms with Crippen molar-refractivity contribution >= 4 is 28.5 Å². The zero-order valence-electron chi connectivity index (χ0n) is 12.7. The van der Waals surface area contributed by atoms with Crippen LogP contribution in [0.5, 0.6) is 0 Å². The van der Waals surface area contributed by atoms with Crippen LogP contribution < -0.4 is 5.32 Å². The van der Waals surface area contributed by atoms with E-state index in [1.54, 1.807) is 33.9 Å². The third-order valence-electron chi connectivity index (χ3n) is 2.11. The van der Waals surface area contributed by atoms with Gasteiger partial charge in [0.2, 0.25) is 0 Å². The predicted octanol–water partition coefficient (Wildman–Crippen LogP) is 3.15. The lowest BCUT2D eigenvalue weighted by atomic mass is 10.2. The summed E-state index contributed by atoms with van der Waals surface area (Å²) in [5, 5.41) is 2.96. The summed E-state index contributed by atoms with van der Waals surface area (Å²) >= 11 is 1.26. The van der Waals surface area contributed by atoms with Gasteiger partial charge in [-0.2, -0.15) is 0 Å². The van der Waals surface area contributed by atoms with E-state index in [0.29, 0.717) is 23.7 Å². The van der Waals surface area contributed by atoms with Crippen molar-refractivity contribution in [2.24, 2.45) is 0 Å². The number of rotatable bonds is 5. The number of carbonyl (C=O) groups is 2. The fourth-order valence-corrected chi connectivity index (χ4v) is 2.19. The molecule has 1 aromatic rings. The summed E-state index contributed by atoms with van der Waals surface area (Å²) in [6, 6.07) is 0. The molecular formula is C14H20N2O4S. The number of nitrogens with zero attached hydrogens (tertiary/aromatic N) is 1. The van der Waals surface area contributed by atoms with Gasteiger partial charge in [0, 0.05) is 23.1 Å². The van der Waals surface area contributed by atoms with Crippen LogP contribution in [0.4, 0.5) is 9.93 Å². The van der Waals surface area contributed by atoms with Crippen molar-refractivity contribution in [1.82, 2.24) is 4.98 Å². The Bertz CT molecular complexity index is 531. The van der Waals surface area contributed by atoms with Gasteiger partial charge in [-0.3, -0.25) is 5.32 Å². The normalized spacial score (nSPS) is 10.9. The van der Waals surface area contributed by atoms with Crippen LogP contribution >= 0.6 is 11.3 Å². The van der Waals surface area contributed by atoms with Crippen LogP contribution in [-0.2, 0) is 20.7 Å². The Labute approximate surface area is 128 Å². The molecule has 1 aromatic heterocycles. The van der Waals surface area contributed by atoms with Gasteiger partial charge >= 0.3 is 12.1 Å². The van der Waals surface area contributed by atoms with E-state index in [1.807, 2.05) is 0 Å². The number of hydrogen-bond donors (Lipinski definition) is 1. The molecule has 0 aliphatic heterocycles. The van der Waals surface area contributed by atoms with Gasteiger partial charge in [0.15, 0.2) is 5.13 Å². The van der Waals surface area contributed by atoms with Gasteiger partial charge in [0.1, 0.15) is 5.60 Å². The molecule has 0 aromatic carbocycles. The van der Waals surface area contributed by atoms with E-state index in [2.05, 4.69) is 16.9 Å². The van der Waals surface area contributed by atoms with Crippen LogP contribution in [0, 0.1) is 0 Å². The summed E-state index contributed by atoms with van der Waals surface area (Å²) in [7, 11) is 0. The van der Waals surface area contributed by atoms with Crippen molar-refractivity contribution in [1.29, 1.82) is 0 Å². The summed E-state index contributed by atoms with van der Waals surface area (Å²) in [6.07, 6.45) is 1.36. The minimum absolute atomic E-state index is 0.312. The summed E-state index contributed by atoms with van der Waals surface area (Å²) in [5.41, 5.74) is -0.216. The van der Waals surface area contributed by atoms with Gasteiger partial charge in [-0.1, -0.05) is 6.58 Å². The van der Waals surface area contributed by atoms with Crippen LogP contribution in [0.1, 0.15) is 32.6 Å². The van der Waals surface area contributed by atoms with Gasteiger partial charge in [-0.25, -0.2) is 14.6 Å². The lowest BCUT2D eigenvalue weighted by Gasteiger charge is -2.18. The second kappa shape index (κ2) is 7.21. The number of aromatic nitrogens is 1. The average Bonchev–Trinajstić information content (AvgIpc) is 2.73. The van der Waals surface area contributed by atoms with E-state index in [-0.39, 0.29) is 0 Å². The number of amides is 1. The smallest absolute Gasteiger partial charge is 0.413 e.